The fourth-order valence-corrected chi connectivity index (χ4v) is 4.25. The number of aryl methyl sites for hydroxylation is 1. The van der Waals surface area contributed by atoms with Crippen LogP contribution in [0.5, 0.6) is 0 Å². The van der Waals surface area contributed by atoms with E-state index in [-0.39, 0.29) is 5.91 Å². The zero-order chi connectivity index (χ0) is 21.9. The molecule has 1 aliphatic carbocycles. The first-order valence-corrected chi connectivity index (χ1v) is 11.7. The van der Waals surface area contributed by atoms with Crippen LogP contribution in [0, 0.1) is 6.92 Å². The molecule has 6 nitrogen and oxygen atoms in total. The molecule has 1 aliphatic rings. The van der Waals surface area contributed by atoms with Crippen LogP contribution in [0.15, 0.2) is 69.0 Å². The summed E-state index contributed by atoms with van der Waals surface area (Å²) in [6.07, 6.45) is 3.86. The monoisotopic (exact) mass is 447 g/mol. The average Bonchev–Trinajstić information content (AvgIpc) is 3.18. The molecule has 0 unspecified atom stereocenters. The number of nitrogens with one attached hydrogen (secondary N) is 1. The summed E-state index contributed by atoms with van der Waals surface area (Å²) in [5.41, 5.74) is 2.74. The standard InChI is InChI=1S/C25H25N3O3S/c1-17-22(27-25(31-17)23-5-3-13-32-23)16-28(15-21-4-2-12-30-21)14-18-6-8-19(9-7-18)24(29)26-20-10-11-20/h2-9,12-13,20H,10-11,14-16H2,1H3,(H,26,29). The maximum Gasteiger partial charge on any atom is 0.251 e. The third kappa shape index (κ3) is 5.00. The fourth-order valence-electron chi connectivity index (χ4n) is 3.60. The van der Waals surface area contributed by atoms with Crippen molar-refractivity contribution in [2.24, 2.45) is 0 Å². The highest BCUT2D eigenvalue weighted by Crippen LogP contribution is 2.27. The second kappa shape index (κ2) is 9.14. The van der Waals surface area contributed by atoms with E-state index in [1.165, 1.54) is 0 Å². The van der Waals surface area contributed by atoms with E-state index in [1.54, 1.807) is 17.6 Å². The van der Waals surface area contributed by atoms with Crippen LogP contribution >= 0.6 is 11.3 Å². The van der Waals surface area contributed by atoms with Crippen LogP contribution in [0.2, 0.25) is 0 Å². The first kappa shape index (κ1) is 20.7. The number of thiophene rings is 1. The van der Waals surface area contributed by atoms with Crippen molar-refractivity contribution in [3.05, 3.63) is 88.5 Å². The van der Waals surface area contributed by atoms with Gasteiger partial charge in [-0.05, 0) is 61.0 Å². The van der Waals surface area contributed by atoms with Gasteiger partial charge in [0.25, 0.3) is 5.91 Å². The number of benzene rings is 1. The van der Waals surface area contributed by atoms with Gasteiger partial charge in [-0.1, -0.05) is 18.2 Å². The Morgan fingerprint density at radius 2 is 1.97 bits per heavy atom. The van der Waals surface area contributed by atoms with Crippen molar-refractivity contribution in [2.45, 2.75) is 45.4 Å². The lowest BCUT2D eigenvalue weighted by Crippen LogP contribution is -2.25. The number of aromatic nitrogens is 1. The number of hydrogen-bond acceptors (Lipinski definition) is 6. The van der Waals surface area contributed by atoms with Gasteiger partial charge in [-0.2, -0.15) is 0 Å². The molecule has 32 heavy (non-hydrogen) atoms. The molecule has 1 aromatic carbocycles. The maximum atomic E-state index is 12.3. The van der Waals surface area contributed by atoms with E-state index in [1.807, 2.05) is 60.8 Å². The van der Waals surface area contributed by atoms with Crippen LogP contribution < -0.4 is 5.32 Å². The largest absolute Gasteiger partial charge is 0.468 e. The van der Waals surface area contributed by atoms with Gasteiger partial charge in [-0.15, -0.1) is 11.3 Å². The van der Waals surface area contributed by atoms with Crippen molar-refractivity contribution in [3.63, 3.8) is 0 Å². The lowest BCUT2D eigenvalue weighted by molar-refractivity contribution is 0.0951. The van der Waals surface area contributed by atoms with E-state index < -0.39 is 0 Å². The van der Waals surface area contributed by atoms with E-state index >= 15 is 0 Å². The van der Waals surface area contributed by atoms with Crippen molar-refractivity contribution in [1.29, 1.82) is 0 Å². The third-order valence-corrected chi connectivity index (χ3v) is 6.35. The Kier molecular flexibility index (Phi) is 5.92. The summed E-state index contributed by atoms with van der Waals surface area (Å²) in [4.78, 5) is 20.3. The van der Waals surface area contributed by atoms with E-state index in [0.29, 0.717) is 37.1 Å². The summed E-state index contributed by atoms with van der Waals surface area (Å²) in [6.45, 7) is 3.94. The maximum absolute atomic E-state index is 12.3. The van der Waals surface area contributed by atoms with Crippen molar-refractivity contribution in [3.8, 4) is 10.8 Å². The normalized spacial score (nSPS) is 13.6. The number of nitrogens with zero attached hydrogens (tertiary/aromatic N) is 2. The van der Waals surface area contributed by atoms with Crippen LogP contribution in [0.3, 0.4) is 0 Å². The molecule has 1 fully saturated rings. The fraction of sp³-hybridized carbons (Fsp3) is 0.280. The zero-order valence-corrected chi connectivity index (χ0v) is 18.7. The second-order valence-corrected chi connectivity index (χ2v) is 9.12. The molecule has 0 bridgehead atoms. The molecule has 164 valence electrons. The summed E-state index contributed by atoms with van der Waals surface area (Å²) in [7, 11) is 0. The molecule has 7 heteroatoms. The van der Waals surface area contributed by atoms with Crippen LogP contribution in [0.25, 0.3) is 10.8 Å². The second-order valence-electron chi connectivity index (χ2n) is 8.17. The number of rotatable bonds is 9. The lowest BCUT2D eigenvalue weighted by Gasteiger charge is -2.20. The van der Waals surface area contributed by atoms with E-state index in [2.05, 4.69) is 10.2 Å². The molecule has 0 atom stereocenters. The van der Waals surface area contributed by atoms with Gasteiger partial charge in [0.05, 0.1) is 23.4 Å². The Morgan fingerprint density at radius 3 is 2.66 bits per heavy atom. The van der Waals surface area contributed by atoms with Gasteiger partial charge in [-0.3, -0.25) is 9.69 Å². The van der Waals surface area contributed by atoms with Gasteiger partial charge in [0.1, 0.15) is 11.5 Å². The third-order valence-electron chi connectivity index (χ3n) is 5.49. The van der Waals surface area contributed by atoms with Gasteiger partial charge in [0, 0.05) is 24.7 Å². The Bertz CT molecular complexity index is 1160. The number of amides is 1. The van der Waals surface area contributed by atoms with Crippen LogP contribution in [0.1, 0.15) is 46.0 Å². The molecule has 0 spiro atoms. The molecule has 3 heterocycles. The van der Waals surface area contributed by atoms with Crippen LogP contribution in [0.4, 0.5) is 0 Å². The van der Waals surface area contributed by atoms with Crippen molar-refractivity contribution in [1.82, 2.24) is 15.2 Å². The SMILES string of the molecule is Cc1oc(-c2cccs2)nc1CN(Cc1ccc(C(=O)NC2CC2)cc1)Cc1ccco1. The Hall–Kier alpha value is -3.16. The number of hydrogen-bond donors (Lipinski definition) is 1. The van der Waals surface area contributed by atoms with Gasteiger partial charge in [-0.25, -0.2) is 4.98 Å². The van der Waals surface area contributed by atoms with Crippen molar-refractivity contribution < 1.29 is 13.6 Å². The molecule has 1 saturated carbocycles. The van der Waals surface area contributed by atoms with Crippen molar-refractivity contribution >= 4 is 17.2 Å². The number of furan rings is 1. The number of carbonyl (C=O) groups is 1. The number of carbonyl (C=O) groups excluding carboxylic acids is 1. The van der Waals surface area contributed by atoms with Gasteiger partial charge in [0.2, 0.25) is 5.89 Å². The molecule has 1 amide bonds. The summed E-state index contributed by atoms with van der Waals surface area (Å²) in [6, 6.07) is 16.1. The predicted octanol–water partition coefficient (Wildman–Crippen LogP) is 5.40. The molecule has 0 saturated heterocycles. The molecule has 0 aliphatic heterocycles. The minimum absolute atomic E-state index is 0.00539. The summed E-state index contributed by atoms with van der Waals surface area (Å²) >= 11 is 1.62. The molecule has 0 radical (unpaired) electrons. The summed E-state index contributed by atoms with van der Waals surface area (Å²) in [5, 5.41) is 5.05. The van der Waals surface area contributed by atoms with Gasteiger partial charge < -0.3 is 14.2 Å². The lowest BCUT2D eigenvalue weighted by atomic mass is 10.1. The van der Waals surface area contributed by atoms with Crippen LogP contribution in [-0.2, 0) is 19.6 Å². The van der Waals surface area contributed by atoms with E-state index in [0.717, 1.165) is 40.5 Å². The van der Waals surface area contributed by atoms with E-state index in [4.69, 9.17) is 13.8 Å². The summed E-state index contributed by atoms with van der Waals surface area (Å²) in [5.74, 6) is 2.39. The molecule has 5 rings (SSSR count). The quantitative estimate of drug-likeness (QED) is 0.372. The first-order chi connectivity index (χ1) is 15.6. The van der Waals surface area contributed by atoms with Gasteiger partial charge >= 0.3 is 0 Å². The first-order valence-electron chi connectivity index (χ1n) is 10.8. The predicted molar refractivity (Wildman–Crippen MR) is 123 cm³/mol. The Morgan fingerprint density at radius 1 is 1.12 bits per heavy atom. The number of oxazole rings is 1. The molecule has 3 aromatic heterocycles. The van der Waals surface area contributed by atoms with Crippen LogP contribution in [-0.4, -0.2) is 21.8 Å². The molecular formula is C25H25N3O3S. The van der Waals surface area contributed by atoms with Crippen molar-refractivity contribution in [2.75, 3.05) is 0 Å². The smallest absolute Gasteiger partial charge is 0.251 e. The Balaban J connectivity index is 1.31. The highest BCUT2D eigenvalue weighted by atomic mass is 32.1. The topological polar surface area (TPSA) is 71.5 Å². The Labute approximate surface area is 190 Å². The minimum atomic E-state index is 0.00539. The molecule has 1 N–H and O–H groups in total. The molecule has 4 aromatic rings. The minimum Gasteiger partial charge on any atom is -0.468 e. The zero-order valence-electron chi connectivity index (χ0n) is 17.9. The molecular weight excluding hydrogens is 422 g/mol. The highest BCUT2D eigenvalue weighted by Gasteiger charge is 2.23. The van der Waals surface area contributed by atoms with Gasteiger partial charge in [0.15, 0.2) is 0 Å². The highest BCUT2D eigenvalue weighted by molar-refractivity contribution is 7.13. The average molecular weight is 448 g/mol. The summed E-state index contributed by atoms with van der Waals surface area (Å²) < 4.78 is 11.5. The van der Waals surface area contributed by atoms with E-state index in [9.17, 15) is 4.79 Å².